The number of aromatic nitrogens is 1. The highest BCUT2D eigenvalue weighted by Gasteiger charge is 2.17. The summed E-state index contributed by atoms with van der Waals surface area (Å²) in [5.74, 6) is -0.237. The highest BCUT2D eigenvalue weighted by atomic mass is 35.5. The number of carbonyl (C=O) groups is 2. The molecule has 3 amide bonds. The van der Waals surface area contributed by atoms with E-state index in [2.05, 4.69) is 15.6 Å². The molecule has 128 valence electrons. The van der Waals surface area contributed by atoms with Crippen molar-refractivity contribution in [2.45, 2.75) is 6.92 Å². The van der Waals surface area contributed by atoms with Crippen molar-refractivity contribution in [3.05, 3.63) is 51.3 Å². The number of aryl methyl sites for hydroxylation is 1. The number of primary amides is 1. The minimum Gasteiger partial charge on any atom is -0.351 e. The molecule has 0 aliphatic rings. The fourth-order valence-corrected chi connectivity index (χ4v) is 4.17. The van der Waals surface area contributed by atoms with Crippen molar-refractivity contribution in [3.63, 3.8) is 0 Å². The summed E-state index contributed by atoms with van der Waals surface area (Å²) in [6.45, 7) is 1.80. The van der Waals surface area contributed by atoms with Gasteiger partial charge in [-0.2, -0.15) is 0 Å². The van der Waals surface area contributed by atoms with Crippen LogP contribution in [0.1, 0.15) is 15.4 Å². The van der Waals surface area contributed by atoms with Gasteiger partial charge in [0.05, 0.1) is 14.9 Å². The van der Waals surface area contributed by atoms with Crippen LogP contribution in [0.2, 0.25) is 4.34 Å². The molecule has 25 heavy (non-hydrogen) atoms. The molecule has 2 heterocycles. The lowest BCUT2D eigenvalue weighted by Crippen LogP contribution is -2.19. The zero-order chi connectivity index (χ0) is 18.0. The minimum absolute atomic E-state index is 0.237. The smallest absolute Gasteiger partial charge is 0.316 e. The minimum atomic E-state index is -0.640. The number of nitrogens with zero attached hydrogens (tertiary/aromatic N) is 1. The van der Waals surface area contributed by atoms with Gasteiger partial charge in [-0.15, -0.1) is 22.7 Å². The predicted octanol–water partition coefficient (Wildman–Crippen LogP) is 4.58. The van der Waals surface area contributed by atoms with Crippen LogP contribution in [0, 0.1) is 6.92 Å². The van der Waals surface area contributed by atoms with Crippen LogP contribution in [0.15, 0.2) is 36.4 Å². The molecule has 2 aromatic heterocycles. The SMILES string of the molecule is Cc1nc(-c2ccc(Cl)s2)sc1C(=O)Nc1ccc(NC(N)=O)cc1. The first-order chi connectivity index (χ1) is 11.9. The fourth-order valence-electron chi connectivity index (χ4n) is 2.11. The van der Waals surface area contributed by atoms with Crippen molar-refractivity contribution < 1.29 is 9.59 Å². The van der Waals surface area contributed by atoms with Crippen molar-refractivity contribution in [2.24, 2.45) is 5.73 Å². The molecule has 3 rings (SSSR count). The number of nitrogens with one attached hydrogen (secondary N) is 2. The van der Waals surface area contributed by atoms with Crippen LogP contribution in [-0.2, 0) is 0 Å². The zero-order valence-electron chi connectivity index (χ0n) is 13.0. The molecule has 9 heteroatoms. The largest absolute Gasteiger partial charge is 0.351 e. The Morgan fingerprint density at radius 2 is 1.68 bits per heavy atom. The Morgan fingerprint density at radius 3 is 2.24 bits per heavy atom. The number of thiophene rings is 1. The van der Waals surface area contributed by atoms with E-state index in [1.54, 1.807) is 37.3 Å². The molecule has 0 aliphatic heterocycles. The Kier molecular flexibility index (Phi) is 5.03. The lowest BCUT2D eigenvalue weighted by atomic mass is 10.2. The third-order valence-electron chi connectivity index (χ3n) is 3.20. The highest BCUT2D eigenvalue weighted by Crippen LogP contribution is 2.35. The predicted molar refractivity (Wildman–Crippen MR) is 103 cm³/mol. The number of urea groups is 1. The van der Waals surface area contributed by atoms with Crippen LogP contribution < -0.4 is 16.4 Å². The summed E-state index contributed by atoms with van der Waals surface area (Å²) in [4.78, 5) is 29.2. The van der Waals surface area contributed by atoms with Crippen LogP contribution in [0.5, 0.6) is 0 Å². The molecule has 3 aromatic rings. The van der Waals surface area contributed by atoms with E-state index in [0.717, 1.165) is 9.88 Å². The van der Waals surface area contributed by atoms with Gasteiger partial charge in [-0.05, 0) is 43.3 Å². The molecule has 0 bridgehead atoms. The standard InChI is InChI=1S/C16H13ClN4O2S2/c1-8-13(25-15(19-8)11-6-7-12(17)24-11)14(22)20-9-2-4-10(5-3-9)21-16(18)23/h2-7H,1H3,(H,20,22)(H3,18,21,23). The molecule has 4 N–H and O–H groups in total. The molecule has 0 saturated heterocycles. The second kappa shape index (κ2) is 7.22. The van der Waals surface area contributed by atoms with Crippen molar-refractivity contribution in [1.82, 2.24) is 4.98 Å². The van der Waals surface area contributed by atoms with Gasteiger partial charge in [0.25, 0.3) is 5.91 Å². The molecule has 0 aliphatic carbocycles. The summed E-state index contributed by atoms with van der Waals surface area (Å²) >= 11 is 8.69. The van der Waals surface area contributed by atoms with E-state index in [4.69, 9.17) is 17.3 Å². The summed E-state index contributed by atoms with van der Waals surface area (Å²) in [6.07, 6.45) is 0. The van der Waals surface area contributed by atoms with Crippen LogP contribution in [0.4, 0.5) is 16.2 Å². The van der Waals surface area contributed by atoms with E-state index in [-0.39, 0.29) is 5.91 Å². The van der Waals surface area contributed by atoms with Gasteiger partial charge >= 0.3 is 6.03 Å². The number of benzene rings is 1. The van der Waals surface area contributed by atoms with Gasteiger partial charge in [0.1, 0.15) is 9.88 Å². The van der Waals surface area contributed by atoms with E-state index in [1.807, 2.05) is 6.07 Å². The maximum Gasteiger partial charge on any atom is 0.316 e. The lowest BCUT2D eigenvalue weighted by molar-refractivity contribution is 0.103. The Balaban J connectivity index is 1.75. The third-order valence-corrected chi connectivity index (χ3v) is 5.75. The monoisotopic (exact) mass is 392 g/mol. The topological polar surface area (TPSA) is 97.1 Å². The van der Waals surface area contributed by atoms with Gasteiger partial charge in [0.2, 0.25) is 0 Å². The summed E-state index contributed by atoms with van der Waals surface area (Å²) in [5.41, 5.74) is 6.87. The molecule has 6 nitrogen and oxygen atoms in total. The quantitative estimate of drug-likeness (QED) is 0.606. The fraction of sp³-hybridized carbons (Fsp3) is 0.0625. The number of halogens is 1. The van der Waals surface area contributed by atoms with Crippen molar-refractivity contribution in [2.75, 3.05) is 10.6 Å². The highest BCUT2D eigenvalue weighted by molar-refractivity contribution is 7.24. The summed E-state index contributed by atoms with van der Waals surface area (Å²) < 4.78 is 0.679. The van der Waals surface area contributed by atoms with E-state index < -0.39 is 6.03 Å². The van der Waals surface area contributed by atoms with Gasteiger partial charge in [0, 0.05) is 11.4 Å². The average molecular weight is 393 g/mol. The second-order valence-electron chi connectivity index (χ2n) is 5.06. The van der Waals surface area contributed by atoms with Crippen molar-refractivity contribution in [3.8, 4) is 9.88 Å². The normalized spacial score (nSPS) is 10.5. The molecular formula is C16H13ClN4O2S2. The van der Waals surface area contributed by atoms with Crippen LogP contribution in [0.25, 0.3) is 9.88 Å². The first-order valence-electron chi connectivity index (χ1n) is 7.13. The first-order valence-corrected chi connectivity index (χ1v) is 9.14. The first kappa shape index (κ1) is 17.4. The number of hydrogen-bond acceptors (Lipinski definition) is 5. The van der Waals surface area contributed by atoms with Gasteiger partial charge < -0.3 is 16.4 Å². The molecule has 1 aromatic carbocycles. The summed E-state index contributed by atoms with van der Waals surface area (Å²) in [5, 5.41) is 6.04. The summed E-state index contributed by atoms with van der Waals surface area (Å²) in [7, 11) is 0. The number of thiazole rings is 1. The van der Waals surface area contributed by atoms with Crippen LogP contribution in [0.3, 0.4) is 0 Å². The van der Waals surface area contributed by atoms with Gasteiger partial charge in [-0.25, -0.2) is 9.78 Å². The average Bonchev–Trinajstić information content (AvgIpc) is 3.14. The number of amides is 3. The maximum atomic E-state index is 12.5. The molecular weight excluding hydrogens is 380 g/mol. The molecule has 0 radical (unpaired) electrons. The summed E-state index contributed by atoms with van der Waals surface area (Å²) in [6, 6.07) is 9.71. The Labute approximate surface area is 156 Å². The molecule has 0 atom stereocenters. The van der Waals surface area contributed by atoms with Gasteiger partial charge in [0.15, 0.2) is 0 Å². The molecule has 0 unspecified atom stereocenters. The van der Waals surface area contributed by atoms with Gasteiger partial charge in [-0.1, -0.05) is 11.6 Å². The Hall–Kier alpha value is -2.42. The zero-order valence-corrected chi connectivity index (χ0v) is 15.4. The molecule has 0 saturated carbocycles. The molecule has 0 spiro atoms. The van der Waals surface area contributed by atoms with E-state index in [0.29, 0.717) is 26.3 Å². The van der Waals surface area contributed by atoms with Crippen molar-refractivity contribution >= 4 is 57.6 Å². The number of carbonyl (C=O) groups excluding carboxylic acids is 2. The van der Waals surface area contributed by atoms with Crippen LogP contribution in [-0.4, -0.2) is 16.9 Å². The Morgan fingerprint density at radius 1 is 1.04 bits per heavy atom. The number of nitrogens with two attached hydrogens (primary N) is 1. The maximum absolute atomic E-state index is 12.5. The van der Waals surface area contributed by atoms with Gasteiger partial charge in [-0.3, -0.25) is 4.79 Å². The van der Waals surface area contributed by atoms with E-state index >= 15 is 0 Å². The van der Waals surface area contributed by atoms with E-state index in [1.165, 1.54) is 22.7 Å². The molecule has 0 fully saturated rings. The van der Waals surface area contributed by atoms with Crippen molar-refractivity contribution in [1.29, 1.82) is 0 Å². The number of rotatable bonds is 4. The number of anilines is 2. The third kappa shape index (κ3) is 4.16. The Bertz CT molecular complexity index is 934. The second-order valence-corrected chi connectivity index (χ2v) is 7.77. The van der Waals surface area contributed by atoms with Crippen LogP contribution >= 0.6 is 34.3 Å². The number of hydrogen-bond donors (Lipinski definition) is 3. The van der Waals surface area contributed by atoms with E-state index in [9.17, 15) is 9.59 Å². The lowest BCUT2D eigenvalue weighted by Gasteiger charge is -2.06.